The Bertz CT molecular complexity index is 382. The van der Waals surface area contributed by atoms with Crippen LogP contribution in [-0.4, -0.2) is 23.6 Å². The molecule has 1 aliphatic carbocycles. The van der Waals surface area contributed by atoms with Crippen molar-refractivity contribution in [2.24, 2.45) is 5.92 Å². The van der Waals surface area contributed by atoms with Gasteiger partial charge in [-0.1, -0.05) is 6.92 Å². The number of aryl methyl sites for hydroxylation is 1. The van der Waals surface area contributed by atoms with E-state index in [4.69, 9.17) is 0 Å². The van der Waals surface area contributed by atoms with Crippen LogP contribution in [0.4, 0.5) is 0 Å². The SMILES string of the molecule is CCCn1ccc(CNCCNC(=O)C2CC2)c1. The summed E-state index contributed by atoms with van der Waals surface area (Å²) in [7, 11) is 0. The maximum absolute atomic E-state index is 11.4. The third kappa shape index (κ3) is 4.18. The Balaban J connectivity index is 1.55. The van der Waals surface area contributed by atoms with Crippen molar-refractivity contribution in [3.63, 3.8) is 0 Å². The van der Waals surface area contributed by atoms with Gasteiger partial charge >= 0.3 is 0 Å². The van der Waals surface area contributed by atoms with E-state index in [2.05, 4.69) is 40.6 Å². The number of hydrogen-bond donors (Lipinski definition) is 2. The summed E-state index contributed by atoms with van der Waals surface area (Å²) < 4.78 is 2.21. The van der Waals surface area contributed by atoms with Crippen molar-refractivity contribution in [2.45, 2.75) is 39.3 Å². The summed E-state index contributed by atoms with van der Waals surface area (Å²) in [5.41, 5.74) is 1.30. The molecule has 0 aliphatic heterocycles. The second-order valence-electron chi connectivity index (χ2n) is 5.00. The second kappa shape index (κ2) is 6.59. The molecular formula is C14H23N3O. The third-order valence-electron chi connectivity index (χ3n) is 3.17. The highest BCUT2D eigenvalue weighted by atomic mass is 16.2. The molecule has 0 saturated heterocycles. The van der Waals surface area contributed by atoms with Crippen LogP contribution in [0.15, 0.2) is 18.5 Å². The van der Waals surface area contributed by atoms with Gasteiger partial charge in [-0.25, -0.2) is 0 Å². The molecule has 1 heterocycles. The first-order valence-electron chi connectivity index (χ1n) is 6.92. The van der Waals surface area contributed by atoms with Crippen LogP contribution in [0.3, 0.4) is 0 Å². The molecule has 0 spiro atoms. The Labute approximate surface area is 109 Å². The fraction of sp³-hybridized carbons (Fsp3) is 0.643. The van der Waals surface area contributed by atoms with Crippen LogP contribution in [0.5, 0.6) is 0 Å². The van der Waals surface area contributed by atoms with Crippen LogP contribution >= 0.6 is 0 Å². The molecule has 1 fully saturated rings. The molecule has 2 N–H and O–H groups in total. The van der Waals surface area contributed by atoms with Crippen LogP contribution in [0, 0.1) is 5.92 Å². The zero-order valence-electron chi connectivity index (χ0n) is 11.1. The van der Waals surface area contributed by atoms with Crippen LogP contribution in [0.25, 0.3) is 0 Å². The van der Waals surface area contributed by atoms with E-state index >= 15 is 0 Å². The predicted octanol–water partition coefficient (Wildman–Crippen LogP) is 1.51. The van der Waals surface area contributed by atoms with Gasteiger partial charge in [0.2, 0.25) is 5.91 Å². The summed E-state index contributed by atoms with van der Waals surface area (Å²) in [6.07, 6.45) is 7.61. The molecule has 0 unspecified atom stereocenters. The first kappa shape index (κ1) is 13.1. The lowest BCUT2D eigenvalue weighted by atomic mass is 10.3. The Morgan fingerprint density at radius 2 is 2.28 bits per heavy atom. The Morgan fingerprint density at radius 1 is 1.44 bits per heavy atom. The van der Waals surface area contributed by atoms with Gasteiger partial charge in [0.05, 0.1) is 0 Å². The molecule has 4 nitrogen and oxygen atoms in total. The number of nitrogens with zero attached hydrogens (tertiary/aromatic N) is 1. The smallest absolute Gasteiger partial charge is 0.223 e. The summed E-state index contributed by atoms with van der Waals surface area (Å²) >= 11 is 0. The molecule has 0 radical (unpaired) electrons. The number of aromatic nitrogens is 1. The van der Waals surface area contributed by atoms with Gasteiger partial charge in [0.25, 0.3) is 0 Å². The van der Waals surface area contributed by atoms with Crippen molar-refractivity contribution < 1.29 is 4.79 Å². The van der Waals surface area contributed by atoms with E-state index in [0.29, 0.717) is 5.92 Å². The molecular weight excluding hydrogens is 226 g/mol. The largest absolute Gasteiger partial charge is 0.355 e. The molecule has 4 heteroatoms. The molecule has 0 atom stereocenters. The average molecular weight is 249 g/mol. The molecule has 1 aromatic rings. The van der Waals surface area contributed by atoms with Gasteiger partial charge in [0, 0.05) is 44.5 Å². The molecule has 2 rings (SSSR count). The Morgan fingerprint density at radius 3 is 3.00 bits per heavy atom. The highest BCUT2D eigenvalue weighted by Crippen LogP contribution is 2.28. The minimum Gasteiger partial charge on any atom is -0.355 e. The van der Waals surface area contributed by atoms with E-state index in [9.17, 15) is 4.79 Å². The molecule has 18 heavy (non-hydrogen) atoms. The summed E-state index contributed by atoms with van der Waals surface area (Å²) in [5, 5.41) is 6.29. The zero-order chi connectivity index (χ0) is 12.8. The molecule has 1 aromatic heterocycles. The maximum atomic E-state index is 11.4. The van der Waals surface area contributed by atoms with Gasteiger partial charge < -0.3 is 15.2 Å². The van der Waals surface area contributed by atoms with Gasteiger partial charge in [0.1, 0.15) is 0 Å². The third-order valence-corrected chi connectivity index (χ3v) is 3.17. The van der Waals surface area contributed by atoms with Gasteiger partial charge in [0.15, 0.2) is 0 Å². The van der Waals surface area contributed by atoms with Crippen molar-refractivity contribution in [1.82, 2.24) is 15.2 Å². The highest BCUT2D eigenvalue weighted by Gasteiger charge is 2.28. The van der Waals surface area contributed by atoms with E-state index in [0.717, 1.165) is 45.4 Å². The van der Waals surface area contributed by atoms with Crippen LogP contribution in [0.2, 0.25) is 0 Å². The van der Waals surface area contributed by atoms with Crippen LogP contribution in [-0.2, 0) is 17.9 Å². The van der Waals surface area contributed by atoms with Crippen molar-refractivity contribution in [3.8, 4) is 0 Å². The topological polar surface area (TPSA) is 46.1 Å². The normalized spacial score (nSPS) is 14.7. The quantitative estimate of drug-likeness (QED) is 0.686. The molecule has 1 saturated carbocycles. The Hall–Kier alpha value is -1.29. The van der Waals surface area contributed by atoms with Gasteiger partial charge in [-0.3, -0.25) is 4.79 Å². The summed E-state index contributed by atoms with van der Waals surface area (Å²) in [6, 6.07) is 2.14. The standard InChI is InChI=1S/C14H23N3O/c1-2-8-17-9-5-12(11-17)10-15-6-7-16-14(18)13-3-4-13/h5,9,11,13,15H,2-4,6-8,10H2,1H3,(H,16,18). The zero-order valence-corrected chi connectivity index (χ0v) is 11.1. The second-order valence-corrected chi connectivity index (χ2v) is 5.00. The molecule has 1 amide bonds. The monoisotopic (exact) mass is 249 g/mol. The molecule has 100 valence electrons. The lowest BCUT2D eigenvalue weighted by Gasteiger charge is -2.05. The summed E-state index contributed by atoms with van der Waals surface area (Å²) in [6.45, 7) is 5.69. The fourth-order valence-corrected chi connectivity index (χ4v) is 1.99. The van der Waals surface area contributed by atoms with Crippen molar-refractivity contribution in [2.75, 3.05) is 13.1 Å². The molecule has 0 bridgehead atoms. The lowest BCUT2D eigenvalue weighted by Crippen LogP contribution is -2.32. The van der Waals surface area contributed by atoms with E-state index in [1.165, 1.54) is 5.56 Å². The summed E-state index contributed by atoms with van der Waals surface area (Å²) in [5.74, 6) is 0.541. The lowest BCUT2D eigenvalue weighted by molar-refractivity contribution is -0.122. The summed E-state index contributed by atoms with van der Waals surface area (Å²) in [4.78, 5) is 11.4. The number of carbonyl (C=O) groups is 1. The molecule has 1 aliphatic rings. The number of rotatable bonds is 8. The predicted molar refractivity (Wildman–Crippen MR) is 72.2 cm³/mol. The number of amides is 1. The Kier molecular flexibility index (Phi) is 4.81. The first-order chi connectivity index (χ1) is 8.79. The van der Waals surface area contributed by atoms with Gasteiger partial charge in [-0.05, 0) is 30.9 Å². The van der Waals surface area contributed by atoms with E-state index in [1.54, 1.807) is 0 Å². The van der Waals surface area contributed by atoms with Crippen LogP contribution < -0.4 is 10.6 Å². The van der Waals surface area contributed by atoms with Gasteiger partial charge in [-0.2, -0.15) is 0 Å². The van der Waals surface area contributed by atoms with E-state index in [-0.39, 0.29) is 5.91 Å². The van der Waals surface area contributed by atoms with Crippen molar-refractivity contribution in [1.29, 1.82) is 0 Å². The van der Waals surface area contributed by atoms with Crippen LogP contribution in [0.1, 0.15) is 31.7 Å². The minimum atomic E-state index is 0.228. The minimum absolute atomic E-state index is 0.228. The van der Waals surface area contributed by atoms with E-state index < -0.39 is 0 Å². The fourth-order valence-electron chi connectivity index (χ4n) is 1.99. The first-order valence-corrected chi connectivity index (χ1v) is 6.92. The number of carbonyl (C=O) groups excluding carboxylic acids is 1. The van der Waals surface area contributed by atoms with Crippen molar-refractivity contribution >= 4 is 5.91 Å². The molecule has 0 aromatic carbocycles. The average Bonchev–Trinajstić information content (AvgIpc) is 3.12. The number of nitrogens with one attached hydrogen (secondary N) is 2. The van der Waals surface area contributed by atoms with Gasteiger partial charge in [-0.15, -0.1) is 0 Å². The van der Waals surface area contributed by atoms with E-state index in [1.807, 2.05) is 0 Å². The maximum Gasteiger partial charge on any atom is 0.223 e. The number of hydrogen-bond acceptors (Lipinski definition) is 2. The van der Waals surface area contributed by atoms with Crippen molar-refractivity contribution in [3.05, 3.63) is 24.0 Å². The highest BCUT2D eigenvalue weighted by molar-refractivity contribution is 5.80.